The number of methoxy groups -OCH3 is 2. The minimum absolute atomic E-state index is 0.259. The number of hydrazone groups is 1. The first-order chi connectivity index (χ1) is 18.8. The van der Waals surface area contributed by atoms with E-state index in [9.17, 15) is 4.79 Å². The Hall–Kier alpha value is -4.02. The van der Waals surface area contributed by atoms with Crippen LogP contribution in [0.5, 0.6) is 11.5 Å². The molecule has 11 heteroatoms. The molecule has 5 rings (SSSR count). The van der Waals surface area contributed by atoms with Crippen LogP contribution in [-0.4, -0.2) is 51.6 Å². The molecule has 9 nitrogen and oxygen atoms in total. The highest BCUT2D eigenvalue weighted by molar-refractivity contribution is 7.99. The molecule has 0 unspecified atom stereocenters. The molecule has 1 aliphatic heterocycles. The molecule has 1 atom stereocenters. The van der Waals surface area contributed by atoms with E-state index in [1.54, 1.807) is 33.3 Å². The van der Waals surface area contributed by atoms with Crippen molar-refractivity contribution in [1.82, 2.24) is 19.8 Å². The molecule has 1 aliphatic rings. The lowest BCUT2D eigenvalue weighted by atomic mass is 10.0. The second-order valence-electron chi connectivity index (χ2n) is 8.75. The molecule has 200 valence electrons. The Morgan fingerprint density at radius 1 is 1.00 bits per heavy atom. The number of rotatable bonds is 8. The maximum Gasteiger partial charge on any atom is 0.243 e. The Morgan fingerprint density at radius 3 is 2.38 bits per heavy atom. The Kier molecular flexibility index (Phi) is 7.49. The van der Waals surface area contributed by atoms with Gasteiger partial charge < -0.3 is 14.2 Å². The predicted molar refractivity (Wildman–Crippen MR) is 150 cm³/mol. The zero-order valence-corrected chi connectivity index (χ0v) is 23.4. The van der Waals surface area contributed by atoms with Crippen LogP contribution in [0.4, 0.5) is 0 Å². The zero-order chi connectivity index (χ0) is 27.6. The van der Waals surface area contributed by atoms with Crippen LogP contribution in [0.15, 0.2) is 83.1 Å². The molecule has 1 aromatic heterocycles. The number of hydrogen-bond acceptors (Lipinski definition) is 8. The lowest BCUT2D eigenvalue weighted by molar-refractivity contribution is -0.146. The molecule has 0 saturated carbocycles. The van der Waals surface area contributed by atoms with Crippen molar-refractivity contribution in [1.29, 1.82) is 0 Å². The third-order valence-corrected chi connectivity index (χ3v) is 7.39. The van der Waals surface area contributed by atoms with Crippen LogP contribution in [0.1, 0.15) is 19.4 Å². The van der Waals surface area contributed by atoms with Crippen molar-refractivity contribution in [2.45, 2.75) is 24.7 Å². The van der Waals surface area contributed by atoms with Crippen molar-refractivity contribution < 1.29 is 19.0 Å². The molecule has 39 heavy (non-hydrogen) atoms. The number of aromatic nitrogens is 3. The summed E-state index contributed by atoms with van der Waals surface area (Å²) in [6.45, 7) is 3.24. The van der Waals surface area contributed by atoms with Crippen molar-refractivity contribution >= 4 is 35.2 Å². The van der Waals surface area contributed by atoms with Gasteiger partial charge in [0, 0.05) is 35.7 Å². The van der Waals surface area contributed by atoms with Gasteiger partial charge >= 0.3 is 0 Å². The summed E-state index contributed by atoms with van der Waals surface area (Å²) in [6.07, 6.45) is 0. The summed E-state index contributed by atoms with van der Waals surface area (Å²) in [6, 6.07) is 22.7. The first kappa shape index (κ1) is 26.6. The van der Waals surface area contributed by atoms with Crippen LogP contribution in [0, 0.1) is 0 Å². The summed E-state index contributed by atoms with van der Waals surface area (Å²) in [5.74, 6) is 2.21. The van der Waals surface area contributed by atoms with Crippen molar-refractivity contribution in [2.24, 2.45) is 5.10 Å². The quantitative estimate of drug-likeness (QED) is 0.252. The number of amides is 1. The molecule has 0 spiro atoms. The number of hydrogen-bond donors (Lipinski definition) is 0. The normalized spacial score (nSPS) is 16.5. The lowest BCUT2D eigenvalue weighted by Crippen LogP contribution is -2.41. The second-order valence-corrected chi connectivity index (χ2v) is 10.1. The fourth-order valence-corrected chi connectivity index (χ4v) is 5.24. The highest BCUT2D eigenvalue weighted by atomic mass is 35.5. The maximum atomic E-state index is 12.6. The second kappa shape index (κ2) is 11.0. The van der Waals surface area contributed by atoms with Gasteiger partial charge in [0.1, 0.15) is 0 Å². The van der Waals surface area contributed by atoms with Gasteiger partial charge in [-0.1, -0.05) is 41.6 Å². The standard InChI is InChI=1S/C28H26ClN5O4S/c1-18(35)34-28(2,20-12-15-23(36-3)24(16-20)37-4)38-25(32-34)17-39-27-31-30-26(19-10-13-21(29)14-11-19)33(27)22-8-6-5-7-9-22/h5-16H,17H2,1-4H3/t28-/m0/s1. The van der Waals surface area contributed by atoms with E-state index in [0.717, 1.165) is 11.3 Å². The van der Waals surface area contributed by atoms with E-state index in [1.165, 1.54) is 23.7 Å². The van der Waals surface area contributed by atoms with Crippen LogP contribution < -0.4 is 9.47 Å². The monoisotopic (exact) mass is 563 g/mol. The van der Waals surface area contributed by atoms with Crippen LogP contribution in [0.2, 0.25) is 5.02 Å². The molecular weight excluding hydrogens is 538 g/mol. The molecule has 3 aromatic carbocycles. The van der Waals surface area contributed by atoms with Gasteiger partial charge in [-0.15, -0.1) is 15.3 Å². The Balaban J connectivity index is 1.44. The minimum Gasteiger partial charge on any atom is -0.493 e. The van der Waals surface area contributed by atoms with Gasteiger partial charge in [-0.05, 0) is 54.6 Å². The third kappa shape index (κ3) is 5.17. The van der Waals surface area contributed by atoms with Crippen molar-refractivity contribution in [3.63, 3.8) is 0 Å². The van der Waals surface area contributed by atoms with Gasteiger partial charge in [-0.3, -0.25) is 9.36 Å². The molecule has 0 aliphatic carbocycles. The number of carbonyl (C=O) groups is 1. The number of halogens is 1. The molecule has 0 fully saturated rings. The smallest absolute Gasteiger partial charge is 0.243 e. The van der Waals surface area contributed by atoms with E-state index < -0.39 is 5.72 Å². The summed E-state index contributed by atoms with van der Waals surface area (Å²) < 4.78 is 19.1. The zero-order valence-electron chi connectivity index (χ0n) is 21.8. The summed E-state index contributed by atoms with van der Waals surface area (Å²) in [5.41, 5.74) is 1.31. The topological polar surface area (TPSA) is 91.1 Å². The first-order valence-electron chi connectivity index (χ1n) is 12.0. The van der Waals surface area contributed by atoms with Crippen LogP contribution in [0.25, 0.3) is 17.1 Å². The molecule has 0 bridgehead atoms. The molecular formula is C28H26ClN5O4S. The number of para-hydroxylation sites is 1. The van der Waals surface area contributed by atoms with E-state index in [2.05, 4.69) is 15.3 Å². The van der Waals surface area contributed by atoms with E-state index >= 15 is 0 Å². The number of ether oxygens (including phenoxy) is 3. The van der Waals surface area contributed by atoms with Gasteiger partial charge in [0.05, 0.1) is 20.0 Å². The largest absolute Gasteiger partial charge is 0.493 e. The Labute approximate surface area is 235 Å². The van der Waals surface area contributed by atoms with Gasteiger partial charge in [0.2, 0.25) is 17.5 Å². The SMILES string of the molecule is COc1ccc([C@]2(C)OC(CSc3nnc(-c4ccc(Cl)cc4)n3-c3ccccc3)=NN2C(C)=O)cc1OC. The average Bonchev–Trinajstić information content (AvgIpc) is 3.54. The number of carbonyl (C=O) groups excluding carboxylic acids is 1. The van der Waals surface area contributed by atoms with E-state index in [0.29, 0.717) is 44.7 Å². The van der Waals surface area contributed by atoms with Gasteiger partial charge in [-0.25, -0.2) is 0 Å². The fraction of sp³-hybridized carbons (Fsp3) is 0.214. The highest BCUT2D eigenvalue weighted by Gasteiger charge is 2.45. The number of benzene rings is 3. The van der Waals surface area contributed by atoms with Crippen LogP contribution in [-0.2, 0) is 15.3 Å². The summed E-state index contributed by atoms with van der Waals surface area (Å²) in [4.78, 5) is 12.6. The molecule has 0 N–H and O–H groups in total. The van der Waals surface area contributed by atoms with Gasteiger partial charge in [-0.2, -0.15) is 5.01 Å². The Morgan fingerprint density at radius 2 is 1.72 bits per heavy atom. The minimum atomic E-state index is -1.16. The molecule has 4 aromatic rings. The molecule has 2 heterocycles. The predicted octanol–water partition coefficient (Wildman–Crippen LogP) is 5.76. The third-order valence-electron chi connectivity index (χ3n) is 6.22. The van der Waals surface area contributed by atoms with Crippen molar-refractivity contribution in [3.8, 4) is 28.6 Å². The van der Waals surface area contributed by atoms with Crippen molar-refractivity contribution in [2.75, 3.05) is 20.0 Å². The summed E-state index contributed by atoms with van der Waals surface area (Å²) >= 11 is 7.51. The molecule has 1 amide bonds. The van der Waals surface area contributed by atoms with E-state index in [4.69, 9.17) is 25.8 Å². The fourth-order valence-electron chi connectivity index (χ4n) is 4.32. The summed E-state index contributed by atoms with van der Waals surface area (Å²) in [7, 11) is 3.13. The molecule has 0 radical (unpaired) electrons. The van der Waals surface area contributed by atoms with Crippen LogP contribution >= 0.6 is 23.4 Å². The summed E-state index contributed by atoms with van der Waals surface area (Å²) in [5, 5.41) is 16.1. The molecule has 0 saturated heterocycles. The highest BCUT2D eigenvalue weighted by Crippen LogP contribution is 2.40. The van der Waals surface area contributed by atoms with E-state index in [1.807, 2.05) is 65.2 Å². The average molecular weight is 564 g/mol. The van der Waals surface area contributed by atoms with Gasteiger partial charge in [0.15, 0.2) is 22.5 Å². The number of thioether (sulfide) groups is 1. The number of nitrogens with zero attached hydrogens (tertiary/aromatic N) is 5. The maximum absolute atomic E-state index is 12.6. The van der Waals surface area contributed by atoms with Gasteiger partial charge in [0.25, 0.3) is 0 Å². The first-order valence-corrected chi connectivity index (χ1v) is 13.4. The lowest BCUT2D eigenvalue weighted by Gasteiger charge is -2.31. The van der Waals surface area contributed by atoms with Crippen molar-refractivity contribution in [3.05, 3.63) is 83.4 Å². The Bertz CT molecular complexity index is 1530. The van der Waals surface area contributed by atoms with E-state index in [-0.39, 0.29) is 5.91 Å². The van der Waals surface area contributed by atoms with Crippen LogP contribution in [0.3, 0.4) is 0 Å².